The average Bonchev–Trinajstić information content (AvgIpc) is 2.92. The van der Waals surface area contributed by atoms with Crippen LogP contribution in [0.2, 0.25) is 0 Å². The number of nitrogens with one attached hydrogen (secondary N) is 1. The van der Waals surface area contributed by atoms with Crippen molar-refractivity contribution >= 4 is 5.91 Å². The Morgan fingerprint density at radius 3 is 2.39 bits per heavy atom. The Morgan fingerprint density at radius 1 is 1.17 bits per heavy atom. The van der Waals surface area contributed by atoms with Crippen molar-refractivity contribution in [2.24, 2.45) is 11.7 Å². The molecule has 18 heavy (non-hydrogen) atoms. The normalized spacial score (nSPS) is 14.9. The van der Waals surface area contributed by atoms with Crippen molar-refractivity contribution in [1.29, 1.82) is 0 Å². The number of rotatable bonds is 5. The molecule has 3 nitrogen and oxygen atoms in total. The predicted molar refractivity (Wildman–Crippen MR) is 72.9 cm³/mol. The van der Waals surface area contributed by atoms with Crippen LogP contribution in [0.3, 0.4) is 0 Å². The fourth-order valence-electron chi connectivity index (χ4n) is 2.16. The highest BCUT2D eigenvalue weighted by Gasteiger charge is 2.18. The maximum Gasteiger partial charge on any atom is 0.224 e. The molecule has 0 aromatic heterocycles. The van der Waals surface area contributed by atoms with Crippen LogP contribution >= 0.6 is 0 Å². The molecule has 0 atom stereocenters. The van der Waals surface area contributed by atoms with E-state index in [-0.39, 0.29) is 11.8 Å². The number of allylic oxidation sites excluding steroid dienone is 2. The standard InChI is InChI=1S/C15H20N2O/c16-10-9-12-5-7-13(8-6-12)11-17-15(18)14-3-1-2-4-14/h1-2,5-8,14H,3-4,9-11,16H2,(H,17,18). The molecule has 1 amide bonds. The van der Waals surface area contributed by atoms with Gasteiger partial charge in [-0.05, 0) is 36.9 Å². The number of hydrogen-bond donors (Lipinski definition) is 2. The van der Waals surface area contributed by atoms with Crippen LogP contribution in [0.4, 0.5) is 0 Å². The molecule has 0 unspecified atom stereocenters. The first kappa shape index (κ1) is 12.8. The first-order chi connectivity index (χ1) is 8.79. The summed E-state index contributed by atoms with van der Waals surface area (Å²) in [5.41, 5.74) is 7.88. The quantitative estimate of drug-likeness (QED) is 0.776. The maximum atomic E-state index is 11.8. The second-order valence-electron chi connectivity index (χ2n) is 4.71. The lowest BCUT2D eigenvalue weighted by Crippen LogP contribution is -2.28. The van der Waals surface area contributed by atoms with Crippen molar-refractivity contribution in [2.75, 3.05) is 6.54 Å². The summed E-state index contributed by atoms with van der Waals surface area (Å²) in [6.07, 6.45) is 6.81. The van der Waals surface area contributed by atoms with Gasteiger partial charge in [-0.25, -0.2) is 0 Å². The van der Waals surface area contributed by atoms with Crippen LogP contribution in [-0.4, -0.2) is 12.5 Å². The second kappa shape index (κ2) is 6.36. The Labute approximate surface area is 108 Å². The van der Waals surface area contributed by atoms with Gasteiger partial charge in [0.15, 0.2) is 0 Å². The molecule has 2 rings (SSSR count). The van der Waals surface area contributed by atoms with Gasteiger partial charge in [-0.2, -0.15) is 0 Å². The number of nitrogens with two attached hydrogens (primary N) is 1. The van der Waals surface area contributed by atoms with Gasteiger partial charge in [0.25, 0.3) is 0 Å². The Kier molecular flexibility index (Phi) is 4.53. The molecule has 0 aliphatic heterocycles. The van der Waals surface area contributed by atoms with Gasteiger partial charge in [-0.15, -0.1) is 0 Å². The third-order valence-electron chi connectivity index (χ3n) is 3.30. The minimum atomic E-state index is 0.140. The Hall–Kier alpha value is -1.61. The van der Waals surface area contributed by atoms with E-state index in [0.717, 1.165) is 24.8 Å². The molecule has 0 radical (unpaired) electrons. The third-order valence-corrected chi connectivity index (χ3v) is 3.30. The lowest BCUT2D eigenvalue weighted by Gasteiger charge is -2.10. The van der Waals surface area contributed by atoms with E-state index in [2.05, 4.69) is 41.7 Å². The zero-order chi connectivity index (χ0) is 12.8. The van der Waals surface area contributed by atoms with Crippen LogP contribution < -0.4 is 11.1 Å². The minimum absolute atomic E-state index is 0.140. The first-order valence-corrected chi connectivity index (χ1v) is 6.50. The molecule has 0 bridgehead atoms. The largest absolute Gasteiger partial charge is 0.352 e. The highest BCUT2D eigenvalue weighted by Crippen LogP contribution is 2.17. The molecule has 3 N–H and O–H groups in total. The second-order valence-corrected chi connectivity index (χ2v) is 4.71. The summed E-state index contributed by atoms with van der Waals surface area (Å²) in [7, 11) is 0. The fraction of sp³-hybridized carbons (Fsp3) is 0.400. The highest BCUT2D eigenvalue weighted by atomic mass is 16.1. The first-order valence-electron chi connectivity index (χ1n) is 6.50. The van der Waals surface area contributed by atoms with E-state index in [0.29, 0.717) is 13.1 Å². The molecule has 0 saturated heterocycles. The molecule has 1 aliphatic carbocycles. The van der Waals surface area contributed by atoms with E-state index >= 15 is 0 Å². The van der Waals surface area contributed by atoms with Crippen molar-refractivity contribution in [3.8, 4) is 0 Å². The molecule has 1 aliphatic rings. The summed E-state index contributed by atoms with van der Waals surface area (Å²) in [6, 6.07) is 8.26. The smallest absolute Gasteiger partial charge is 0.224 e. The van der Waals surface area contributed by atoms with E-state index in [1.54, 1.807) is 0 Å². The van der Waals surface area contributed by atoms with Crippen molar-refractivity contribution < 1.29 is 4.79 Å². The zero-order valence-electron chi connectivity index (χ0n) is 10.6. The minimum Gasteiger partial charge on any atom is -0.352 e. The fourth-order valence-corrected chi connectivity index (χ4v) is 2.16. The van der Waals surface area contributed by atoms with Crippen LogP contribution in [0.15, 0.2) is 36.4 Å². The molecule has 1 aromatic carbocycles. The van der Waals surface area contributed by atoms with Crippen LogP contribution in [0, 0.1) is 5.92 Å². The molecule has 96 valence electrons. The Balaban J connectivity index is 1.80. The molecule has 0 spiro atoms. The summed E-state index contributed by atoms with van der Waals surface area (Å²) in [5.74, 6) is 0.299. The number of carbonyl (C=O) groups excluding carboxylic acids is 1. The third kappa shape index (κ3) is 3.44. The molecular formula is C15H20N2O. The van der Waals surface area contributed by atoms with Gasteiger partial charge in [0.05, 0.1) is 0 Å². The average molecular weight is 244 g/mol. The van der Waals surface area contributed by atoms with E-state index in [9.17, 15) is 4.79 Å². The summed E-state index contributed by atoms with van der Waals surface area (Å²) < 4.78 is 0. The van der Waals surface area contributed by atoms with Gasteiger partial charge in [-0.3, -0.25) is 4.79 Å². The van der Waals surface area contributed by atoms with Crippen LogP contribution in [0.25, 0.3) is 0 Å². The van der Waals surface area contributed by atoms with Gasteiger partial charge in [-0.1, -0.05) is 36.4 Å². The van der Waals surface area contributed by atoms with Crippen molar-refractivity contribution in [2.45, 2.75) is 25.8 Å². The van der Waals surface area contributed by atoms with Crippen molar-refractivity contribution in [3.05, 3.63) is 47.5 Å². The van der Waals surface area contributed by atoms with Gasteiger partial charge < -0.3 is 11.1 Å². The van der Waals surface area contributed by atoms with Gasteiger partial charge in [0.2, 0.25) is 5.91 Å². The number of benzene rings is 1. The monoisotopic (exact) mass is 244 g/mol. The summed E-state index contributed by atoms with van der Waals surface area (Å²) >= 11 is 0. The Morgan fingerprint density at radius 2 is 1.78 bits per heavy atom. The van der Waals surface area contributed by atoms with Crippen LogP contribution in [0.1, 0.15) is 24.0 Å². The van der Waals surface area contributed by atoms with E-state index in [1.807, 2.05) is 0 Å². The predicted octanol–water partition coefficient (Wildman–Crippen LogP) is 1.77. The van der Waals surface area contributed by atoms with E-state index in [4.69, 9.17) is 5.73 Å². The van der Waals surface area contributed by atoms with E-state index in [1.165, 1.54) is 5.56 Å². The molecule has 1 aromatic rings. The number of hydrogen-bond acceptors (Lipinski definition) is 2. The molecule has 0 heterocycles. The van der Waals surface area contributed by atoms with Crippen LogP contribution in [0.5, 0.6) is 0 Å². The molecule has 0 saturated carbocycles. The van der Waals surface area contributed by atoms with Gasteiger partial charge >= 0.3 is 0 Å². The summed E-state index contributed by atoms with van der Waals surface area (Å²) in [5, 5.41) is 2.99. The summed E-state index contributed by atoms with van der Waals surface area (Å²) in [4.78, 5) is 11.8. The lowest BCUT2D eigenvalue weighted by molar-refractivity contribution is -0.124. The maximum absolute atomic E-state index is 11.8. The molecular weight excluding hydrogens is 224 g/mol. The molecule has 0 fully saturated rings. The van der Waals surface area contributed by atoms with Gasteiger partial charge in [0, 0.05) is 12.5 Å². The topological polar surface area (TPSA) is 55.1 Å². The highest BCUT2D eigenvalue weighted by molar-refractivity contribution is 5.79. The van der Waals surface area contributed by atoms with Crippen molar-refractivity contribution in [1.82, 2.24) is 5.32 Å². The SMILES string of the molecule is NCCc1ccc(CNC(=O)C2CC=CC2)cc1. The Bertz CT molecular complexity index is 415. The zero-order valence-corrected chi connectivity index (χ0v) is 10.6. The lowest BCUT2D eigenvalue weighted by atomic mass is 10.1. The van der Waals surface area contributed by atoms with Crippen molar-refractivity contribution in [3.63, 3.8) is 0 Å². The number of carbonyl (C=O) groups is 1. The van der Waals surface area contributed by atoms with Gasteiger partial charge in [0.1, 0.15) is 0 Å². The molecule has 3 heteroatoms. The number of amides is 1. The summed E-state index contributed by atoms with van der Waals surface area (Å²) in [6.45, 7) is 1.28. The van der Waals surface area contributed by atoms with Crippen LogP contribution in [-0.2, 0) is 17.8 Å². The van der Waals surface area contributed by atoms with E-state index < -0.39 is 0 Å².